The Morgan fingerprint density at radius 1 is 1.24 bits per heavy atom. The van der Waals surface area contributed by atoms with Crippen LogP contribution in [0.15, 0.2) is 36.7 Å². The van der Waals surface area contributed by atoms with Crippen LogP contribution in [0.2, 0.25) is 0 Å². The maximum absolute atomic E-state index is 12.4. The molecule has 0 saturated carbocycles. The quantitative estimate of drug-likeness (QED) is 0.838. The lowest BCUT2D eigenvalue weighted by Gasteiger charge is -2.31. The second-order valence-electron chi connectivity index (χ2n) is 7.11. The van der Waals surface area contributed by atoms with Crippen LogP contribution in [-0.2, 0) is 11.8 Å². The summed E-state index contributed by atoms with van der Waals surface area (Å²) in [4.78, 5) is 14.3. The van der Waals surface area contributed by atoms with Crippen molar-refractivity contribution in [1.82, 2.24) is 14.7 Å². The lowest BCUT2D eigenvalue weighted by Crippen LogP contribution is -2.40. The van der Waals surface area contributed by atoms with Crippen molar-refractivity contribution in [2.75, 3.05) is 19.7 Å². The molecule has 1 aromatic heterocycles. The molecule has 0 N–H and O–H groups in total. The molecule has 2 aromatic rings. The highest BCUT2D eigenvalue weighted by Crippen LogP contribution is 2.27. The van der Waals surface area contributed by atoms with Gasteiger partial charge in [-0.2, -0.15) is 5.10 Å². The second-order valence-corrected chi connectivity index (χ2v) is 7.11. The van der Waals surface area contributed by atoms with Crippen molar-refractivity contribution in [3.05, 3.63) is 47.8 Å². The predicted octanol–water partition coefficient (Wildman–Crippen LogP) is 3.33. The molecule has 0 bridgehead atoms. The van der Waals surface area contributed by atoms with Crippen LogP contribution in [-0.4, -0.2) is 40.3 Å². The van der Waals surface area contributed by atoms with E-state index in [2.05, 4.69) is 37.3 Å². The Morgan fingerprint density at radius 3 is 2.48 bits per heavy atom. The van der Waals surface area contributed by atoms with E-state index in [1.807, 2.05) is 35.0 Å². The van der Waals surface area contributed by atoms with Crippen LogP contribution in [0.5, 0.6) is 5.75 Å². The van der Waals surface area contributed by atoms with Crippen molar-refractivity contribution in [2.45, 2.75) is 38.5 Å². The number of nitrogens with zero attached hydrogens (tertiary/aromatic N) is 3. The van der Waals surface area contributed by atoms with Gasteiger partial charge in [-0.25, -0.2) is 0 Å². The van der Waals surface area contributed by atoms with E-state index >= 15 is 0 Å². The first kappa shape index (κ1) is 17.5. The van der Waals surface area contributed by atoms with Gasteiger partial charge >= 0.3 is 0 Å². The highest BCUT2D eigenvalue weighted by atomic mass is 16.5. The summed E-state index contributed by atoms with van der Waals surface area (Å²) in [5.74, 6) is 1.82. The molecule has 0 aliphatic carbocycles. The number of aromatic nitrogens is 2. The van der Waals surface area contributed by atoms with E-state index in [1.54, 1.807) is 0 Å². The van der Waals surface area contributed by atoms with Crippen molar-refractivity contribution in [2.24, 2.45) is 7.05 Å². The molecule has 1 aliphatic heterocycles. The summed E-state index contributed by atoms with van der Waals surface area (Å²) in [6, 6.07) is 8.00. The van der Waals surface area contributed by atoms with E-state index in [-0.39, 0.29) is 12.5 Å². The summed E-state index contributed by atoms with van der Waals surface area (Å²) in [5, 5.41) is 4.24. The number of aryl methyl sites for hydroxylation is 1. The van der Waals surface area contributed by atoms with Crippen molar-refractivity contribution < 1.29 is 9.53 Å². The number of amides is 1. The first-order chi connectivity index (χ1) is 12.0. The van der Waals surface area contributed by atoms with Gasteiger partial charge in [-0.15, -0.1) is 0 Å². The molecule has 2 heterocycles. The molecule has 1 aliphatic rings. The molecule has 1 fully saturated rings. The maximum atomic E-state index is 12.4. The van der Waals surface area contributed by atoms with Crippen LogP contribution in [0.4, 0.5) is 0 Å². The molecule has 0 atom stereocenters. The largest absolute Gasteiger partial charge is 0.484 e. The Hall–Kier alpha value is -2.30. The van der Waals surface area contributed by atoms with Crippen LogP contribution in [0.25, 0.3) is 0 Å². The molecular weight excluding hydrogens is 314 g/mol. The molecule has 5 heteroatoms. The maximum Gasteiger partial charge on any atom is 0.260 e. The number of hydrogen-bond acceptors (Lipinski definition) is 3. The molecule has 134 valence electrons. The fourth-order valence-electron chi connectivity index (χ4n) is 3.30. The summed E-state index contributed by atoms with van der Waals surface area (Å²) in [6.45, 7) is 6.00. The molecule has 1 saturated heterocycles. The van der Waals surface area contributed by atoms with Gasteiger partial charge in [0.15, 0.2) is 6.61 Å². The van der Waals surface area contributed by atoms with Crippen molar-refractivity contribution in [3.63, 3.8) is 0 Å². The summed E-state index contributed by atoms with van der Waals surface area (Å²) in [7, 11) is 1.94. The Labute approximate surface area is 149 Å². The summed E-state index contributed by atoms with van der Waals surface area (Å²) in [6.07, 6.45) is 5.99. The third-order valence-corrected chi connectivity index (χ3v) is 4.95. The van der Waals surface area contributed by atoms with Gasteiger partial charge in [0.25, 0.3) is 5.91 Å². The molecule has 0 radical (unpaired) electrons. The zero-order valence-electron chi connectivity index (χ0n) is 15.3. The van der Waals surface area contributed by atoms with Crippen LogP contribution >= 0.6 is 0 Å². The third kappa shape index (κ3) is 4.41. The number of likely N-dealkylation sites (tertiary alicyclic amines) is 1. The number of carbonyl (C=O) groups excluding carboxylic acids is 1. The van der Waals surface area contributed by atoms with Gasteiger partial charge in [0.05, 0.1) is 6.20 Å². The molecule has 0 spiro atoms. The van der Waals surface area contributed by atoms with Crippen LogP contribution in [0.1, 0.15) is 49.7 Å². The van der Waals surface area contributed by atoms with Gasteiger partial charge in [0.2, 0.25) is 0 Å². The number of rotatable bonds is 5. The highest BCUT2D eigenvalue weighted by Gasteiger charge is 2.24. The van der Waals surface area contributed by atoms with E-state index in [9.17, 15) is 4.79 Å². The molecule has 1 amide bonds. The van der Waals surface area contributed by atoms with Crippen molar-refractivity contribution >= 4 is 5.91 Å². The minimum atomic E-state index is 0.0672. The van der Waals surface area contributed by atoms with Crippen LogP contribution in [0, 0.1) is 0 Å². The minimum absolute atomic E-state index is 0.0672. The Balaban J connectivity index is 1.46. The summed E-state index contributed by atoms with van der Waals surface area (Å²) in [5.41, 5.74) is 2.55. The molecule has 25 heavy (non-hydrogen) atoms. The Bertz CT molecular complexity index is 698. The number of ether oxygens (including phenoxy) is 1. The van der Waals surface area contributed by atoms with Gasteiger partial charge in [0, 0.05) is 26.3 Å². The standard InChI is InChI=1S/C20H27N3O2/c1-15(2)16-4-6-19(7-5-16)25-14-20(24)23-10-8-17(9-11-23)18-12-21-22(3)13-18/h4-7,12-13,15,17H,8-11,14H2,1-3H3. The minimum Gasteiger partial charge on any atom is -0.484 e. The Morgan fingerprint density at radius 2 is 1.92 bits per heavy atom. The van der Waals surface area contributed by atoms with E-state index in [0.29, 0.717) is 11.8 Å². The first-order valence-electron chi connectivity index (χ1n) is 9.02. The molecule has 1 aromatic carbocycles. The Kier molecular flexibility index (Phi) is 5.41. The number of carbonyl (C=O) groups is 1. The highest BCUT2D eigenvalue weighted by molar-refractivity contribution is 5.77. The number of benzene rings is 1. The van der Waals surface area contributed by atoms with Gasteiger partial charge in [0.1, 0.15) is 5.75 Å². The normalized spacial score (nSPS) is 15.6. The van der Waals surface area contributed by atoms with Crippen LogP contribution in [0.3, 0.4) is 0 Å². The molecule has 3 rings (SSSR count). The average molecular weight is 341 g/mol. The summed E-state index contributed by atoms with van der Waals surface area (Å²) >= 11 is 0. The topological polar surface area (TPSA) is 47.4 Å². The van der Waals surface area contributed by atoms with Crippen molar-refractivity contribution in [3.8, 4) is 5.75 Å². The van der Waals surface area contributed by atoms with Gasteiger partial charge in [-0.3, -0.25) is 9.48 Å². The second kappa shape index (κ2) is 7.72. The molecular formula is C20H27N3O2. The average Bonchev–Trinajstić information content (AvgIpc) is 3.06. The fraction of sp³-hybridized carbons (Fsp3) is 0.500. The molecule has 0 unspecified atom stereocenters. The molecule has 5 nitrogen and oxygen atoms in total. The van der Waals surface area contributed by atoms with E-state index in [0.717, 1.165) is 31.7 Å². The van der Waals surface area contributed by atoms with E-state index in [1.165, 1.54) is 11.1 Å². The monoisotopic (exact) mass is 341 g/mol. The van der Waals surface area contributed by atoms with Gasteiger partial charge < -0.3 is 9.64 Å². The van der Waals surface area contributed by atoms with E-state index in [4.69, 9.17) is 4.74 Å². The summed E-state index contributed by atoms with van der Waals surface area (Å²) < 4.78 is 7.50. The smallest absolute Gasteiger partial charge is 0.260 e. The zero-order chi connectivity index (χ0) is 17.8. The lowest BCUT2D eigenvalue weighted by molar-refractivity contribution is -0.134. The first-order valence-corrected chi connectivity index (χ1v) is 9.02. The SMILES string of the molecule is CC(C)c1ccc(OCC(=O)N2CCC(c3cnn(C)c3)CC2)cc1. The van der Waals surface area contributed by atoms with Gasteiger partial charge in [-0.1, -0.05) is 26.0 Å². The van der Waals surface area contributed by atoms with Crippen LogP contribution < -0.4 is 4.74 Å². The fourth-order valence-corrected chi connectivity index (χ4v) is 3.30. The van der Waals surface area contributed by atoms with E-state index < -0.39 is 0 Å². The zero-order valence-corrected chi connectivity index (χ0v) is 15.3. The number of hydrogen-bond donors (Lipinski definition) is 0. The third-order valence-electron chi connectivity index (χ3n) is 4.95. The lowest BCUT2D eigenvalue weighted by atomic mass is 9.91. The predicted molar refractivity (Wildman–Crippen MR) is 97.8 cm³/mol. The van der Waals surface area contributed by atoms with Crippen molar-refractivity contribution in [1.29, 1.82) is 0 Å². The number of piperidine rings is 1. The van der Waals surface area contributed by atoms with Gasteiger partial charge in [-0.05, 0) is 47.9 Å².